The number of nitrogens with two attached hydrogens (primary N) is 1. The Balaban J connectivity index is 2.35. The van der Waals surface area contributed by atoms with Crippen LogP contribution in [-0.2, 0) is 4.79 Å². The molecule has 0 saturated heterocycles. The molecule has 2 N–H and O–H groups in total. The van der Waals surface area contributed by atoms with Gasteiger partial charge in [0.1, 0.15) is 5.25 Å². The predicted octanol–water partition coefficient (Wildman–Crippen LogP) is 4.31. The van der Waals surface area contributed by atoms with E-state index >= 15 is 0 Å². The third-order valence-electron chi connectivity index (χ3n) is 2.52. The van der Waals surface area contributed by atoms with Gasteiger partial charge in [0.15, 0.2) is 0 Å². The first-order valence-electron chi connectivity index (χ1n) is 5.54. The van der Waals surface area contributed by atoms with Gasteiger partial charge in [0.25, 0.3) is 0 Å². The lowest BCUT2D eigenvalue weighted by Crippen LogP contribution is -2.18. The summed E-state index contributed by atoms with van der Waals surface area (Å²) < 4.78 is 0. The van der Waals surface area contributed by atoms with E-state index in [1.54, 1.807) is 18.2 Å². The van der Waals surface area contributed by atoms with E-state index in [1.165, 1.54) is 11.8 Å². The van der Waals surface area contributed by atoms with E-state index in [4.69, 9.17) is 28.9 Å². The van der Waals surface area contributed by atoms with Crippen LogP contribution in [-0.4, -0.2) is 5.91 Å². The molecule has 0 aliphatic heterocycles. The average Bonchev–Trinajstić information content (AvgIpc) is 2.39. The van der Waals surface area contributed by atoms with Crippen molar-refractivity contribution in [2.24, 2.45) is 5.73 Å². The third-order valence-corrected chi connectivity index (χ3v) is 4.79. The summed E-state index contributed by atoms with van der Waals surface area (Å²) in [5.74, 6) is -0.424. The maximum absolute atomic E-state index is 11.6. The molecule has 0 spiro atoms. The van der Waals surface area contributed by atoms with Gasteiger partial charge in [-0.15, -0.1) is 11.8 Å². The first kappa shape index (κ1) is 14.3. The van der Waals surface area contributed by atoms with Gasteiger partial charge >= 0.3 is 0 Å². The maximum atomic E-state index is 11.6. The summed E-state index contributed by atoms with van der Waals surface area (Å²) in [6.45, 7) is 0. The van der Waals surface area contributed by atoms with Gasteiger partial charge < -0.3 is 5.73 Å². The number of carbonyl (C=O) groups is 1. The van der Waals surface area contributed by atoms with Crippen molar-refractivity contribution in [1.82, 2.24) is 0 Å². The first-order chi connectivity index (χ1) is 9.09. The van der Waals surface area contributed by atoms with Crippen LogP contribution in [0.25, 0.3) is 0 Å². The van der Waals surface area contributed by atoms with Crippen molar-refractivity contribution < 1.29 is 4.79 Å². The second kappa shape index (κ2) is 6.33. The zero-order valence-corrected chi connectivity index (χ0v) is 12.2. The minimum Gasteiger partial charge on any atom is -0.368 e. The molecule has 2 aromatic carbocycles. The number of halogens is 2. The molecule has 2 nitrogen and oxygen atoms in total. The molecule has 5 heteroatoms. The fraction of sp³-hybridized carbons (Fsp3) is 0.0714. The molecule has 0 aliphatic rings. The van der Waals surface area contributed by atoms with Crippen LogP contribution in [0.5, 0.6) is 0 Å². The highest BCUT2D eigenvalue weighted by atomic mass is 35.5. The van der Waals surface area contributed by atoms with E-state index in [2.05, 4.69) is 0 Å². The van der Waals surface area contributed by atoms with E-state index in [0.29, 0.717) is 14.9 Å². The largest absolute Gasteiger partial charge is 0.368 e. The van der Waals surface area contributed by atoms with Gasteiger partial charge in [0, 0.05) is 4.90 Å². The number of hydrogen-bond donors (Lipinski definition) is 1. The molecule has 1 atom stereocenters. The summed E-state index contributed by atoms with van der Waals surface area (Å²) in [6, 6.07) is 14.5. The summed E-state index contributed by atoms with van der Waals surface area (Å²) in [5.41, 5.74) is 6.30. The molecule has 1 amide bonds. The molecular weight excluding hydrogens is 301 g/mol. The molecular formula is C14H11Cl2NOS. The van der Waals surface area contributed by atoms with Crippen LogP contribution < -0.4 is 5.73 Å². The van der Waals surface area contributed by atoms with Gasteiger partial charge in [-0.25, -0.2) is 0 Å². The Morgan fingerprint density at radius 3 is 2.11 bits per heavy atom. The zero-order valence-electron chi connectivity index (χ0n) is 9.85. The van der Waals surface area contributed by atoms with Crippen molar-refractivity contribution in [1.29, 1.82) is 0 Å². The van der Waals surface area contributed by atoms with Crippen LogP contribution in [0.2, 0.25) is 10.0 Å². The number of rotatable bonds is 4. The normalized spacial score (nSPS) is 12.1. The third kappa shape index (κ3) is 3.44. The Hall–Kier alpha value is -1.16. The molecule has 0 radical (unpaired) electrons. The highest BCUT2D eigenvalue weighted by Gasteiger charge is 2.21. The summed E-state index contributed by atoms with van der Waals surface area (Å²) in [7, 11) is 0. The lowest BCUT2D eigenvalue weighted by atomic mass is 10.1. The summed E-state index contributed by atoms with van der Waals surface area (Å²) in [4.78, 5) is 12.3. The maximum Gasteiger partial charge on any atom is 0.235 e. The lowest BCUT2D eigenvalue weighted by molar-refractivity contribution is -0.117. The van der Waals surface area contributed by atoms with E-state index in [-0.39, 0.29) is 0 Å². The van der Waals surface area contributed by atoms with Gasteiger partial charge in [-0.3, -0.25) is 4.79 Å². The number of hydrogen-bond acceptors (Lipinski definition) is 2. The Morgan fingerprint density at radius 1 is 1.00 bits per heavy atom. The van der Waals surface area contributed by atoms with E-state index in [1.807, 2.05) is 30.3 Å². The van der Waals surface area contributed by atoms with E-state index in [0.717, 1.165) is 5.56 Å². The molecule has 0 heterocycles. The predicted molar refractivity (Wildman–Crippen MR) is 80.7 cm³/mol. The Kier molecular flexibility index (Phi) is 4.75. The van der Waals surface area contributed by atoms with Crippen molar-refractivity contribution in [3.05, 3.63) is 64.1 Å². The smallest absolute Gasteiger partial charge is 0.235 e. The van der Waals surface area contributed by atoms with Crippen LogP contribution in [0.1, 0.15) is 10.8 Å². The highest BCUT2D eigenvalue weighted by molar-refractivity contribution is 8.00. The summed E-state index contributed by atoms with van der Waals surface area (Å²) in [5, 5.41) is 0.512. The fourth-order valence-electron chi connectivity index (χ4n) is 1.63. The van der Waals surface area contributed by atoms with Gasteiger partial charge in [0.2, 0.25) is 5.91 Å². The van der Waals surface area contributed by atoms with Crippen LogP contribution in [0.15, 0.2) is 53.4 Å². The van der Waals surface area contributed by atoms with Gasteiger partial charge in [0.05, 0.1) is 10.0 Å². The van der Waals surface area contributed by atoms with Gasteiger partial charge in [-0.2, -0.15) is 0 Å². The number of carbonyl (C=O) groups excluding carboxylic acids is 1. The number of benzene rings is 2. The first-order valence-corrected chi connectivity index (χ1v) is 7.18. The van der Waals surface area contributed by atoms with Crippen LogP contribution in [0, 0.1) is 0 Å². The Bertz CT molecular complexity index is 569. The lowest BCUT2D eigenvalue weighted by Gasteiger charge is -2.15. The second-order valence-corrected chi connectivity index (χ2v) is 5.79. The molecule has 0 aromatic heterocycles. The fourth-order valence-corrected chi connectivity index (χ4v) is 3.30. The zero-order chi connectivity index (χ0) is 13.8. The summed E-state index contributed by atoms with van der Waals surface area (Å²) >= 11 is 13.5. The van der Waals surface area contributed by atoms with E-state index in [9.17, 15) is 4.79 Å². The SMILES string of the molecule is NC(=O)C(Sc1c(Cl)cccc1Cl)c1ccccc1. The molecule has 0 bridgehead atoms. The topological polar surface area (TPSA) is 43.1 Å². The minimum absolute atomic E-state index is 0.424. The molecule has 0 fully saturated rings. The van der Waals surface area contributed by atoms with Crippen molar-refractivity contribution in [2.75, 3.05) is 0 Å². The number of primary amides is 1. The van der Waals surface area contributed by atoms with Crippen molar-refractivity contribution in [2.45, 2.75) is 10.1 Å². The Labute approximate surface area is 125 Å². The number of thioether (sulfide) groups is 1. The van der Waals surface area contributed by atoms with E-state index < -0.39 is 11.2 Å². The van der Waals surface area contributed by atoms with Crippen LogP contribution in [0.4, 0.5) is 0 Å². The highest BCUT2D eigenvalue weighted by Crippen LogP contribution is 2.42. The molecule has 0 saturated carbocycles. The number of amides is 1. The monoisotopic (exact) mass is 311 g/mol. The Morgan fingerprint density at radius 2 is 1.58 bits per heavy atom. The standard InChI is InChI=1S/C14H11Cl2NOS/c15-10-7-4-8-11(16)13(10)19-12(14(17)18)9-5-2-1-3-6-9/h1-8,12H,(H2,17,18). The minimum atomic E-state index is -0.515. The van der Waals surface area contributed by atoms with Gasteiger partial charge in [-0.05, 0) is 17.7 Å². The molecule has 1 unspecified atom stereocenters. The molecule has 2 aromatic rings. The quantitative estimate of drug-likeness (QED) is 0.855. The molecule has 0 aliphatic carbocycles. The summed E-state index contributed by atoms with van der Waals surface area (Å²) in [6.07, 6.45) is 0. The molecule has 19 heavy (non-hydrogen) atoms. The van der Waals surface area contributed by atoms with Crippen molar-refractivity contribution in [3.8, 4) is 0 Å². The van der Waals surface area contributed by atoms with Crippen LogP contribution >= 0.6 is 35.0 Å². The van der Waals surface area contributed by atoms with Crippen molar-refractivity contribution >= 4 is 40.9 Å². The van der Waals surface area contributed by atoms with Gasteiger partial charge in [-0.1, -0.05) is 59.6 Å². The van der Waals surface area contributed by atoms with Crippen LogP contribution in [0.3, 0.4) is 0 Å². The molecule has 98 valence electrons. The second-order valence-electron chi connectivity index (χ2n) is 3.86. The average molecular weight is 312 g/mol. The van der Waals surface area contributed by atoms with Crippen molar-refractivity contribution in [3.63, 3.8) is 0 Å². The molecule has 2 rings (SSSR count).